The molecule has 0 atom stereocenters. The Bertz CT molecular complexity index is 1000. The van der Waals surface area contributed by atoms with E-state index in [1.54, 1.807) is 0 Å². The highest BCUT2D eigenvalue weighted by Crippen LogP contribution is 2.39. The third-order valence-corrected chi connectivity index (χ3v) is 3.52. The molecule has 0 saturated carbocycles. The number of H-pyrrole nitrogens is 1. The summed E-state index contributed by atoms with van der Waals surface area (Å²) in [6.45, 7) is 0. The largest absolute Gasteiger partial charge is 0.417 e. The number of halogens is 6. The minimum atomic E-state index is -4.91. The molecule has 0 aliphatic heterocycles. The highest BCUT2D eigenvalue weighted by molar-refractivity contribution is 5.79. The summed E-state index contributed by atoms with van der Waals surface area (Å²) in [5.41, 5.74) is -4.10. The predicted molar refractivity (Wildman–Crippen MR) is 77.8 cm³/mol. The van der Waals surface area contributed by atoms with Gasteiger partial charge in [-0.2, -0.15) is 26.3 Å². The lowest BCUT2D eigenvalue weighted by molar-refractivity contribution is -0.141. The summed E-state index contributed by atoms with van der Waals surface area (Å²) in [6.07, 6.45) is -9.75. The second kappa shape index (κ2) is 5.61. The van der Waals surface area contributed by atoms with E-state index in [1.165, 1.54) is 24.3 Å². The zero-order valence-electron chi connectivity index (χ0n) is 12.2. The average molecular weight is 358 g/mol. The Morgan fingerprint density at radius 2 is 1.56 bits per heavy atom. The van der Waals surface area contributed by atoms with Crippen LogP contribution in [-0.4, -0.2) is 9.97 Å². The van der Waals surface area contributed by atoms with Crippen LogP contribution < -0.4 is 5.56 Å². The van der Waals surface area contributed by atoms with Gasteiger partial charge in [0, 0.05) is 5.56 Å². The Morgan fingerprint density at radius 1 is 0.880 bits per heavy atom. The van der Waals surface area contributed by atoms with Crippen molar-refractivity contribution in [2.45, 2.75) is 12.4 Å². The van der Waals surface area contributed by atoms with Crippen molar-refractivity contribution >= 4 is 10.9 Å². The Morgan fingerprint density at radius 3 is 2.20 bits per heavy atom. The quantitative estimate of drug-likeness (QED) is 0.645. The maximum atomic E-state index is 13.2. The molecule has 0 radical (unpaired) electrons. The van der Waals surface area contributed by atoms with E-state index < -0.39 is 40.4 Å². The summed E-state index contributed by atoms with van der Waals surface area (Å²) < 4.78 is 78.1. The molecule has 25 heavy (non-hydrogen) atoms. The normalized spacial score (nSPS) is 12.6. The van der Waals surface area contributed by atoms with E-state index in [4.69, 9.17) is 0 Å². The summed E-state index contributed by atoms with van der Waals surface area (Å²) in [5, 5.41) is 0.117. The average Bonchev–Trinajstić information content (AvgIpc) is 2.52. The first-order valence-corrected chi connectivity index (χ1v) is 6.85. The smallest absolute Gasteiger partial charge is 0.306 e. The Hall–Kier alpha value is -2.84. The second-order valence-electron chi connectivity index (χ2n) is 5.19. The van der Waals surface area contributed by atoms with Crippen molar-refractivity contribution in [2.75, 3.05) is 0 Å². The molecule has 0 spiro atoms. The van der Waals surface area contributed by atoms with Gasteiger partial charge >= 0.3 is 12.4 Å². The van der Waals surface area contributed by atoms with Crippen LogP contribution in [0.1, 0.15) is 11.1 Å². The van der Waals surface area contributed by atoms with E-state index in [9.17, 15) is 31.1 Å². The number of nitrogens with zero attached hydrogens (tertiary/aromatic N) is 1. The lowest BCUT2D eigenvalue weighted by atomic mass is 10.0. The molecule has 0 amide bonds. The van der Waals surface area contributed by atoms with Crippen LogP contribution in [0.4, 0.5) is 26.3 Å². The van der Waals surface area contributed by atoms with Gasteiger partial charge in [0.25, 0.3) is 5.56 Å². The van der Waals surface area contributed by atoms with E-state index in [0.29, 0.717) is 18.2 Å². The van der Waals surface area contributed by atoms with Gasteiger partial charge in [0.15, 0.2) is 0 Å². The van der Waals surface area contributed by atoms with E-state index >= 15 is 0 Å². The first-order valence-electron chi connectivity index (χ1n) is 6.85. The van der Waals surface area contributed by atoms with Gasteiger partial charge in [-0.05, 0) is 30.3 Å². The number of hydrogen-bond donors (Lipinski definition) is 1. The summed E-state index contributed by atoms with van der Waals surface area (Å²) in [4.78, 5) is 18.0. The second-order valence-corrected chi connectivity index (χ2v) is 5.19. The molecule has 9 heteroatoms. The van der Waals surface area contributed by atoms with E-state index in [-0.39, 0.29) is 10.9 Å². The van der Waals surface area contributed by atoms with Crippen LogP contribution in [0.25, 0.3) is 22.3 Å². The van der Waals surface area contributed by atoms with Gasteiger partial charge in [-0.1, -0.05) is 12.1 Å². The first kappa shape index (κ1) is 17.0. The minimum absolute atomic E-state index is 0.0757. The minimum Gasteiger partial charge on any atom is -0.306 e. The first-order chi connectivity index (χ1) is 11.6. The van der Waals surface area contributed by atoms with Crippen molar-refractivity contribution in [3.05, 3.63) is 63.9 Å². The topological polar surface area (TPSA) is 45.8 Å². The molecule has 3 aromatic rings. The zero-order valence-corrected chi connectivity index (χ0v) is 12.2. The van der Waals surface area contributed by atoms with Gasteiger partial charge in [0.1, 0.15) is 5.82 Å². The van der Waals surface area contributed by atoms with Gasteiger partial charge in [0.05, 0.1) is 22.0 Å². The maximum absolute atomic E-state index is 13.2. The molecular formula is C16H8F6N2O. The maximum Gasteiger partial charge on any atom is 0.417 e. The number of aromatic amines is 1. The van der Waals surface area contributed by atoms with Crippen molar-refractivity contribution in [2.24, 2.45) is 0 Å². The molecule has 0 unspecified atom stereocenters. The molecule has 2 aromatic carbocycles. The number of para-hydroxylation sites is 1. The number of rotatable bonds is 1. The van der Waals surface area contributed by atoms with Crippen molar-refractivity contribution in [1.82, 2.24) is 9.97 Å². The van der Waals surface area contributed by atoms with E-state index in [0.717, 1.165) is 0 Å². The van der Waals surface area contributed by atoms with Crippen LogP contribution >= 0.6 is 0 Å². The monoisotopic (exact) mass is 358 g/mol. The van der Waals surface area contributed by atoms with Gasteiger partial charge in [-0.3, -0.25) is 4.79 Å². The Balaban J connectivity index is 2.33. The summed E-state index contributed by atoms with van der Waals surface area (Å²) in [6, 6.07) is 6.82. The number of alkyl halides is 6. The van der Waals surface area contributed by atoms with Crippen LogP contribution in [0.5, 0.6) is 0 Å². The Kier molecular flexibility index (Phi) is 3.81. The highest BCUT2D eigenvalue weighted by Gasteiger charge is 2.37. The third kappa shape index (κ3) is 3.21. The number of hydrogen-bond acceptors (Lipinski definition) is 2. The fraction of sp³-hybridized carbons (Fsp3) is 0.125. The molecule has 0 bridgehead atoms. The predicted octanol–water partition coefficient (Wildman–Crippen LogP) is 4.63. The molecule has 130 valence electrons. The molecule has 0 aliphatic rings. The van der Waals surface area contributed by atoms with Crippen molar-refractivity contribution in [3.63, 3.8) is 0 Å². The fourth-order valence-electron chi connectivity index (χ4n) is 2.38. The lowest BCUT2D eigenvalue weighted by Crippen LogP contribution is -2.14. The van der Waals surface area contributed by atoms with Gasteiger partial charge in [-0.25, -0.2) is 4.98 Å². The Labute approximate surface area is 135 Å². The summed E-state index contributed by atoms with van der Waals surface area (Å²) in [5.74, 6) is -0.581. The number of nitrogens with one attached hydrogen (secondary N) is 1. The lowest BCUT2D eigenvalue weighted by Gasteiger charge is -2.15. The molecular weight excluding hydrogens is 350 g/mol. The van der Waals surface area contributed by atoms with E-state index in [1.807, 2.05) is 0 Å². The molecule has 3 nitrogen and oxygen atoms in total. The van der Waals surface area contributed by atoms with Crippen LogP contribution in [0.15, 0.2) is 47.3 Å². The van der Waals surface area contributed by atoms with Crippen LogP contribution in [-0.2, 0) is 12.4 Å². The molecule has 1 N–H and O–H groups in total. The number of benzene rings is 2. The number of fused-ring (bicyclic) bond motifs is 1. The van der Waals surface area contributed by atoms with Crippen molar-refractivity contribution < 1.29 is 26.3 Å². The van der Waals surface area contributed by atoms with Crippen molar-refractivity contribution in [1.29, 1.82) is 0 Å². The van der Waals surface area contributed by atoms with E-state index in [2.05, 4.69) is 9.97 Å². The summed E-state index contributed by atoms with van der Waals surface area (Å²) in [7, 11) is 0. The molecule has 0 fully saturated rings. The SMILES string of the molecule is O=c1[nH]c(-c2cc(C(F)(F)F)ccc2C(F)(F)F)nc2ccccc12. The van der Waals surface area contributed by atoms with Crippen LogP contribution in [0, 0.1) is 0 Å². The van der Waals surface area contributed by atoms with Crippen LogP contribution in [0.3, 0.4) is 0 Å². The standard InChI is InChI=1S/C16H8F6N2O/c17-15(18,19)8-5-6-11(16(20,21)22)10(7-8)13-23-12-4-2-1-3-9(12)14(25)24-13/h1-7H,(H,23,24,25). The molecule has 3 rings (SSSR count). The summed E-state index contributed by atoms with van der Waals surface area (Å²) >= 11 is 0. The highest BCUT2D eigenvalue weighted by atomic mass is 19.4. The molecule has 0 saturated heterocycles. The zero-order chi connectivity index (χ0) is 18.4. The molecule has 0 aliphatic carbocycles. The fourth-order valence-corrected chi connectivity index (χ4v) is 2.38. The molecule has 1 heterocycles. The van der Waals surface area contributed by atoms with Crippen LogP contribution in [0.2, 0.25) is 0 Å². The molecule has 1 aromatic heterocycles. The van der Waals surface area contributed by atoms with Crippen molar-refractivity contribution in [3.8, 4) is 11.4 Å². The van der Waals surface area contributed by atoms with Gasteiger partial charge < -0.3 is 4.98 Å². The van der Waals surface area contributed by atoms with Gasteiger partial charge in [-0.15, -0.1) is 0 Å². The van der Waals surface area contributed by atoms with Gasteiger partial charge in [0.2, 0.25) is 0 Å². The number of aromatic nitrogens is 2. The third-order valence-electron chi connectivity index (χ3n) is 3.52.